The van der Waals surface area contributed by atoms with Gasteiger partial charge < -0.3 is 9.52 Å². The molecule has 0 amide bonds. The molecule has 5 nitrogen and oxygen atoms in total. The van der Waals surface area contributed by atoms with Crippen LogP contribution in [0.3, 0.4) is 0 Å². The van der Waals surface area contributed by atoms with E-state index < -0.39 is 11.0 Å². The summed E-state index contributed by atoms with van der Waals surface area (Å²) in [7, 11) is 0. The van der Waals surface area contributed by atoms with Crippen molar-refractivity contribution in [1.82, 2.24) is 0 Å². The fraction of sp³-hybridized carbons (Fsp3) is 0.125. The van der Waals surface area contributed by atoms with Gasteiger partial charge in [0.05, 0.1) is 17.3 Å². The molecule has 0 saturated heterocycles. The summed E-state index contributed by atoms with van der Waals surface area (Å²) in [5.74, 6) is 0. The van der Waals surface area contributed by atoms with Crippen LogP contribution in [0.25, 0.3) is 11.0 Å². The topological polar surface area (TPSA) is 76.5 Å². The van der Waals surface area contributed by atoms with Crippen LogP contribution in [0.1, 0.15) is 17.2 Å². The second-order valence-corrected chi connectivity index (χ2v) is 4.83. The normalized spacial score (nSPS) is 12.4. The quantitative estimate of drug-likeness (QED) is 0.586. The van der Waals surface area contributed by atoms with Gasteiger partial charge in [-0.3, -0.25) is 10.1 Å². The van der Waals surface area contributed by atoms with E-state index in [1.54, 1.807) is 18.4 Å². The molecule has 0 fully saturated rings. The van der Waals surface area contributed by atoms with Crippen molar-refractivity contribution in [2.75, 3.05) is 0 Å². The average Bonchev–Trinajstić information content (AvgIpc) is 2.92. The van der Waals surface area contributed by atoms with E-state index >= 15 is 0 Å². The van der Waals surface area contributed by atoms with Gasteiger partial charge in [-0.2, -0.15) is 0 Å². The number of benzene rings is 2. The Morgan fingerprint density at radius 2 is 1.86 bits per heavy atom. The first kappa shape index (κ1) is 13.3. The van der Waals surface area contributed by atoms with Crippen molar-refractivity contribution in [3.63, 3.8) is 0 Å². The number of fused-ring (bicyclic) bond motifs is 1. The number of hydrogen-bond acceptors (Lipinski definition) is 4. The minimum Gasteiger partial charge on any atom is -0.464 e. The number of furan rings is 1. The molecule has 1 unspecified atom stereocenters. The van der Waals surface area contributed by atoms with Gasteiger partial charge in [0.2, 0.25) is 0 Å². The lowest BCUT2D eigenvalue weighted by Gasteiger charge is -2.09. The second kappa shape index (κ2) is 5.38. The first-order chi connectivity index (χ1) is 10.1. The Labute approximate surface area is 120 Å². The van der Waals surface area contributed by atoms with Crippen molar-refractivity contribution in [3.8, 4) is 0 Å². The number of para-hydroxylation sites is 1. The molecule has 0 saturated carbocycles. The van der Waals surface area contributed by atoms with Crippen molar-refractivity contribution >= 4 is 16.7 Å². The Morgan fingerprint density at radius 1 is 1.14 bits per heavy atom. The van der Waals surface area contributed by atoms with Crippen LogP contribution in [0.2, 0.25) is 0 Å². The molecule has 3 rings (SSSR count). The Kier molecular flexibility index (Phi) is 3.41. The molecule has 1 aromatic heterocycles. The maximum atomic E-state index is 10.6. The number of aliphatic hydroxyl groups is 1. The van der Waals surface area contributed by atoms with E-state index in [1.165, 1.54) is 12.1 Å². The van der Waals surface area contributed by atoms with E-state index in [9.17, 15) is 15.2 Å². The van der Waals surface area contributed by atoms with Crippen molar-refractivity contribution in [2.24, 2.45) is 0 Å². The predicted molar refractivity (Wildman–Crippen MR) is 78.0 cm³/mol. The van der Waals surface area contributed by atoms with Crippen LogP contribution >= 0.6 is 0 Å². The Hall–Kier alpha value is -2.66. The average molecular weight is 283 g/mol. The maximum absolute atomic E-state index is 10.6. The highest BCUT2D eigenvalue weighted by molar-refractivity contribution is 5.81. The second-order valence-electron chi connectivity index (χ2n) is 4.83. The molecule has 1 atom stereocenters. The molecule has 0 aliphatic carbocycles. The molecule has 3 aromatic rings. The molecule has 0 bridgehead atoms. The molecule has 0 aliphatic heterocycles. The molecule has 2 aromatic carbocycles. The lowest BCUT2D eigenvalue weighted by Crippen LogP contribution is -2.01. The van der Waals surface area contributed by atoms with E-state index in [1.807, 2.05) is 24.3 Å². The first-order valence-corrected chi connectivity index (χ1v) is 6.52. The summed E-state index contributed by atoms with van der Waals surface area (Å²) in [6.45, 7) is 0. The van der Waals surface area contributed by atoms with Crippen molar-refractivity contribution in [2.45, 2.75) is 12.5 Å². The Bertz CT molecular complexity index is 776. The van der Waals surface area contributed by atoms with Crippen LogP contribution in [-0.4, -0.2) is 10.0 Å². The summed E-state index contributed by atoms with van der Waals surface area (Å²) in [6.07, 6.45) is 1.22. The van der Waals surface area contributed by atoms with Gasteiger partial charge in [-0.1, -0.05) is 30.3 Å². The summed E-state index contributed by atoms with van der Waals surface area (Å²) in [6, 6.07) is 13.7. The third-order valence-corrected chi connectivity index (χ3v) is 3.45. The van der Waals surface area contributed by atoms with Gasteiger partial charge in [0.25, 0.3) is 5.69 Å². The molecule has 106 valence electrons. The molecular weight excluding hydrogens is 270 g/mol. The summed E-state index contributed by atoms with van der Waals surface area (Å²) in [5.41, 5.74) is 2.33. The van der Waals surface area contributed by atoms with Crippen LogP contribution in [0, 0.1) is 10.1 Å². The van der Waals surface area contributed by atoms with E-state index in [4.69, 9.17) is 4.42 Å². The number of nitrogens with zero attached hydrogens (tertiary/aromatic N) is 1. The van der Waals surface area contributed by atoms with Gasteiger partial charge >= 0.3 is 0 Å². The molecular formula is C16H13NO4. The number of nitro benzene ring substituents is 1. The van der Waals surface area contributed by atoms with Gasteiger partial charge in [-0.05, 0) is 11.6 Å². The molecule has 1 heterocycles. The van der Waals surface area contributed by atoms with Crippen LogP contribution in [0.15, 0.2) is 59.2 Å². The Balaban J connectivity index is 1.82. The summed E-state index contributed by atoms with van der Waals surface area (Å²) < 4.78 is 5.41. The fourth-order valence-corrected chi connectivity index (χ4v) is 2.34. The lowest BCUT2D eigenvalue weighted by molar-refractivity contribution is -0.384. The highest BCUT2D eigenvalue weighted by atomic mass is 16.6. The summed E-state index contributed by atoms with van der Waals surface area (Å²) in [5, 5.41) is 21.8. The molecule has 0 radical (unpaired) electrons. The number of hydrogen-bond donors (Lipinski definition) is 1. The molecule has 0 aliphatic rings. The highest BCUT2D eigenvalue weighted by Gasteiger charge is 2.15. The number of aliphatic hydroxyl groups excluding tert-OH is 1. The van der Waals surface area contributed by atoms with Gasteiger partial charge in [-0.15, -0.1) is 0 Å². The van der Waals surface area contributed by atoms with E-state index in [2.05, 4.69) is 0 Å². The first-order valence-electron chi connectivity index (χ1n) is 6.52. The number of rotatable bonds is 4. The zero-order valence-electron chi connectivity index (χ0n) is 11.1. The molecule has 0 spiro atoms. The monoisotopic (exact) mass is 283 g/mol. The van der Waals surface area contributed by atoms with Crippen LogP contribution in [0.4, 0.5) is 5.69 Å². The fourth-order valence-electron chi connectivity index (χ4n) is 2.34. The maximum Gasteiger partial charge on any atom is 0.269 e. The van der Waals surface area contributed by atoms with Crippen LogP contribution in [0.5, 0.6) is 0 Å². The Morgan fingerprint density at radius 3 is 2.57 bits per heavy atom. The smallest absolute Gasteiger partial charge is 0.269 e. The minimum absolute atomic E-state index is 0.0435. The van der Waals surface area contributed by atoms with E-state index in [0.717, 1.165) is 22.1 Å². The zero-order valence-corrected chi connectivity index (χ0v) is 11.1. The highest BCUT2D eigenvalue weighted by Crippen LogP contribution is 2.28. The summed E-state index contributed by atoms with van der Waals surface area (Å²) >= 11 is 0. The third-order valence-electron chi connectivity index (χ3n) is 3.45. The number of nitro groups is 1. The SMILES string of the molecule is O=[N+]([O-])c1ccc(CC(O)c2coc3ccccc23)cc1. The van der Waals surface area contributed by atoms with E-state index in [0.29, 0.717) is 6.42 Å². The van der Waals surface area contributed by atoms with Gasteiger partial charge in [0.1, 0.15) is 5.58 Å². The lowest BCUT2D eigenvalue weighted by atomic mass is 10.0. The van der Waals surface area contributed by atoms with Gasteiger partial charge in [-0.25, -0.2) is 0 Å². The van der Waals surface area contributed by atoms with Crippen LogP contribution in [-0.2, 0) is 6.42 Å². The summed E-state index contributed by atoms with van der Waals surface area (Å²) in [4.78, 5) is 10.2. The van der Waals surface area contributed by atoms with Crippen LogP contribution < -0.4 is 0 Å². The number of non-ortho nitro benzene ring substituents is 1. The van der Waals surface area contributed by atoms with Crippen molar-refractivity contribution in [1.29, 1.82) is 0 Å². The molecule has 1 N–H and O–H groups in total. The van der Waals surface area contributed by atoms with Crippen molar-refractivity contribution < 1.29 is 14.4 Å². The third kappa shape index (κ3) is 2.64. The minimum atomic E-state index is -0.713. The van der Waals surface area contributed by atoms with Gasteiger partial charge in [0.15, 0.2) is 0 Å². The molecule has 5 heteroatoms. The largest absolute Gasteiger partial charge is 0.464 e. The molecule has 21 heavy (non-hydrogen) atoms. The predicted octanol–water partition coefficient (Wildman–Crippen LogP) is 3.62. The standard InChI is InChI=1S/C16H13NO4/c18-15(9-11-5-7-12(8-6-11)17(19)20)14-10-21-16-4-2-1-3-13(14)16/h1-8,10,15,18H,9H2. The van der Waals surface area contributed by atoms with Gasteiger partial charge in [0, 0.05) is 29.5 Å². The zero-order chi connectivity index (χ0) is 14.8. The van der Waals surface area contributed by atoms with E-state index in [-0.39, 0.29) is 5.69 Å². The van der Waals surface area contributed by atoms with Crippen molar-refractivity contribution in [3.05, 3.63) is 76.0 Å².